The average Bonchev–Trinajstić information content (AvgIpc) is 2.65. The van der Waals surface area contributed by atoms with Crippen molar-refractivity contribution >= 4 is 11.7 Å². The van der Waals surface area contributed by atoms with E-state index >= 15 is 0 Å². The van der Waals surface area contributed by atoms with Crippen molar-refractivity contribution in [2.75, 3.05) is 44.2 Å². The third kappa shape index (κ3) is 3.62. The lowest BCUT2D eigenvalue weighted by Crippen LogP contribution is -2.34. The molecule has 2 heterocycles. The molecule has 0 spiro atoms. The summed E-state index contributed by atoms with van der Waals surface area (Å²) in [5.41, 5.74) is 10.9. The molecule has 0 aromatic carbocycles. The lowest BCUT2D eigenvalue weighted by atomic mass is 10.3. The fourth-order valence-electron chi connectivity index (χ4n) is 2.23. The Kier molecular flexibility index (Phi) is 4.64. The average molecular weight is 264 g/mol. The number of carbonyl (C=O) groups excluding carboxylic acids is 1. The van der Waals surface area contributed by atoms with E-state index in [2.05, 4.69) is 20.0 Å². The van der Waals surface area contributed by atoms with E-state index in [1.807, 2.05) is 0 Å². The Bertz CT molecular complexity index is 421. The van der Waals surface area contributed by atoms with Crippen molar-refractivity contribution in [2.45, 2.75) is 6.42 Å². The number of anilines is 1. The SMILES string of the molecule is NCCN1CCCN(c2ccc(C(N)=O)nn2)CC1. The van der Waals surface area contributed by atoms with Crippen molar-refractivity contribution in [3.05, 3.63) is 17.8 Å². The van der Waals surface area contributed by atoms with Crippen LogP contribution in [0.3, 0.4) is 0 Å². The lowest BCUT2D eigenvalue weighted by Gasteiger charge is -2.21. The van der Waals surface area contributed by atoms with Crippen molar-refractivity contribution < 1.29 is 4.79 Å². The molecular weight excluding hydrogens is 244 g/mol. The Labute approximate surface area is 112 Å². The summed E-state index contributed by atoms with van der Waals surface area (Å²) in [5.74, 6) is 0.239. The van der Waals surface area contributed by atoms with Gasteiger partial charge >= 0.3 is 0 Å². The second-order valence-corrected chi connectivity index (χ2v) is 4.61. The Balaban J connectivity index is 1.99. The first-order valence-electron chi connectivity index (χ1n) is 6.51. The molecule has 1 amide bonds. The van der Waals surface area contributed by atoms with E-state index in [0.29, 0.717) is 6.54 Å². The zero-order valence-electron chi connectivity index (χ0n) is 11.0. The smallest absolute Gasteiger partial charge is 0.269 e. The van der Waals surface area contributed by atoms with Gasteiger partial charge in [-0.05, 0) is 25.1 Å². The summed E-state index contributed by atoms with van der Waals surface area (Å²) in [6.07, 6.45) is 1.07. The van der Waals surface area contributed by atoms with Gasteiger partial charge in [-0.1, -0.05) is 0 Å². The van der Waals surface area contributed by atoms with E-state index in [1.165, 1.54) is 0 Å². The van der Waals surface area contributed by atoms with Gasteiger partial charge in [0.25, 0.3) is 5.91 Å². The highest BCUT2D eigenvalue weighted by molar-refractivity contribution is 5.90. The number of primary amides is 1. The molecule has 0 radical (unpaired) electrons. The van der Waals surface area contributed by atoms with Crippen LogP contribution in [0.1, 0.15) is 16.9 Å². The maximum atomic E-state index is 10.9. The number of rotatable bonds is 4. The number of nitrogens with zero attached hydrogens (tertiary/aromatic N) is 4. The molecule has 104 valence electrons. The number of amides is 1. The normalized spacial score (nSPS) is 17.2. The molecule has 0 unspecified atom stereocenters. The van der Waals surface area contributed by atoms with E-state index in [9.17, 15) is 4.79 Å². The van der Waals surface area contributed by atoms with Gasteiger partial charge in [0.1, 0.15) is 0 Å². The number of carbonyl (C=O) groups is 1. The summed E-state index contributed by atoms with van der Waals surface area (Å²) < 4.78 is 0. The van der Waals surface area contributed by atoms with Gasteiger partial charge < -0.3 is 21.3 Å². The van der Waals surface area contributed by atoms with Crippen LogP contribution < -0.4 is 16.4 Å². The lowest BCUT2D eigenvalue weighted by molar-refractivity contribution is 0.0994. The van der Waals surface area contributed by atoms with Crippen molar-refractivity contribution in [3.8, 4) is 0 Å². The van der Waals surface area contributed by atoms with Crippen LogP contribution in [-0.4, -0.2) is 60.3 Å². The molecule has 1 fully saturated rings. The van der Waals surface area contributed by atoms with Gasteiger partial charge in [-0.15, -0.1) is 10.2 Å². The molecule has 4 N–H and O–H groups in total. The van der Waals surface area contributed by atoms with Crippen LogP contribution >= 0.6 is 0 Å². The monoisotopic (exact) mass is 264 g/mol. The summed E-state index contributed by atoms with van der Waals surface area (Å²) >= 11 is 0. The Morgan fingerprint density at radius 3 is 2.68 bits per heavy atom. The minimum absolute atomic E-state index is 0.198. The molecule has 19 heavy (non-hydrogen) atoms. The summed E-state index contributed by atoms with van der Waals surface area (Å²) in [7, 11) is 0. The second-order valence-electron chi connectivity index (χ2n) is 4.61. The van der Waals surface area contributed by atoms with Gasteiger partial charge in [-0.2, -0.15) is 0 Å². The molecule has 7 nitrogen and oxygen atoms in total. The maximum absolute atomic E-state index is 10.9. The Hall–Kier alpha value is -1.73. The van der Waals surface area contributed by atoms with E-state index in [1.54, 1.807) is 12.1 Å². The van der Waals surface area contributed by atoms with Gasteiger partial charge in [0.05, 0.1) is 0 Å². The minimum Gasteiger partial charge on any atom is -0.364 e. The molecule has 1 aliphatic rings. The van der Waals surface area contributed by atoms with E-state index < -0.39 is 5.91 Å². The van der Waals surface area contributed by atoms with Crippen molar-refractivity contribution in [2.24, 2.45) is 11.5 Å². The number of nitrogens with two attached hydrogens (primary N) is 2. The molecule has 0 saturated carbocycles. The molecule has 1 aromatic heterocycles. The number of aromatic nitrogens is 2. The van der Waals surface area contributed by atoms with E-state index in [0.717, 1.165) is 45.0 Å². The van der Waals surface area contributed by atoms with Crippen LogP contribution in [0.5, 0.6) is 0 Å². The van der Waals surface area contributed by atoms with E-state index in [-0.39, 0.29) is 5.69 Å². The van der Waals surface area contributed by atoms with Crippen molar-refractivity contribution in [1.29, 1.82) is 0 Å². The zero-order chi connectivity index (χ0) is 13.7. The van der Waals surface area contributed by atoms with Crippen LogP contribution in [0.15, 0.2) is 12.1 Å². The molecule has 0 bridgehead atoms. The molecule has 1 saturated heterocycles. The largest absolute Gasteiger partial charge is 0.364 e. The second kappa shape index (κ2) is 6.44. The molecule has 1 aromatic rings. The molecule has 2 rings (SSSR count). The van der Waals surface area contributed by atoms with Crippen LogP contribution in [0.25, 0.3) is 0 Å². The summed E-state index contributed by atoms with van der Waals surface area (Å²) in [4.78, 5) is 15.5. The van der Waals surface area contributed by atoms with Crippen LogP contribution in [-0.2, 0) is 0 Å². The van der Waals surface area contributed by atoms with Crippen molar-refractivity contribution in [1.82, 2.24) is 15.1 Å². The first-order valence-corrected chi connectivity index (χ1v) is 6.51. The number of hydrogen-bond acceptors (Lipinski definition) is 6. The van der Waals surface area contributed by atoms with Crippen molar-refractivity contribution in [3.63, 3.8) is 0 Å². The predicted octanol–water partition coefficient (Wildman–Crippen LogP) is -0.954. The topological polar surface area (TPSA) is 101 Å². The molecular formula is C12H20N6O. The third-order valence-corrected chi connectivity index (χ3v) is 3.26. The highest BCUT2D eigenvalue weighted by Gasteiger charge is 2.16. The summed E-state index contributed by atoms with van der Waals surface area (Å²) in [6, 6.07) is 3.42. The number of hydrogen-bond donors (Lipinski definition) is 2. The predicted molar refractivity (Wildman–Crippen MR) is 72.9 cm³/mol. The van der Waals surface area contributed by atoms with E-state index in [4.69, 9.17) is 11.5 Å². The van der Waals surface area contributed by atoms with Gasteiger partial charge in [0, 0.05) is 32.7 Å². The first-order chi connectivity index (χ1) is 9.20. The summed E-state index contributed by atoms with van der Waals surface area (Å²) in [5, 5.41) is 7.91. The van der Waals surface area contributed by atoms with Crippen LogP contribution in [0.2, 0.25) is 0 Å². The standard InChI is InChI=1S/C12H20N6O/c13-4-7-17-5-1-6-18(9-8-17)11-3-2-10(12(14)19)15-16-11/h2-3H,1,4-9,13H2,(H2,14,19). The maximum Gasteiger partial charge on any atom is 0.269 e. The quantitative estimate of drug-likeness (QED) is 0.727. The fraction of sp³-hybridized carbons (Fsp3) is 0.583. The molecule has 0 atom stereocenters. The molecule has 1 aliphatic heterocycles. The van der Waals surface area contributed by atoms with Gasteiger partial charge in [0.15, 0.2) is 11.5 Å². The highest BCUT2D eigenvalue weighted by atomic mass is 16.1. The fourth-order valence-corrected chi connectivity index (χ4v) is 2.23. The highest BCUT2D eigenvalue weighted by Crippen LogP contribution is 2.12. The zero-order valence-corrected chi connectivity index (χ0v) is 11.0. The minimum atomic E-state index is -0.552. The van der Waals surface area contributed by atoms with Gasteiger partial charge in [0.2, 0.25) is 0 Å². The van der Waals surface area contributed by atoms with Crippen LogP contribution in [0, 0.1) is 0 Å². The Morgan fingerprint density at radius 1 is 1.21 bits per heavy atom. The first kappa shape index (κ1) is 13.7. The molecule has 7 heteroatoms. The van der Waals surface area contributed by atoms with Crippen LogP contribution in [0.4, 0.5) is 5.82 Å². The summed E-state index contributed by atoms with van der Waals surface area (Å²) in [6.45, 7) is 5.47. The van der Waals surface area contributed by atoms with Gasteiger partial charge in [-0.25, -0.2) is 0 Å². The third-order valence-electron chi connectivity index (χ3n) is 3.26. The van der Waals surface area contributed by atoms with Gasteiger partial charge in [-0.3, -0.25) is 4.79 Å². The molecule has 0 aliphatic carbocycles. The Morgan fingerprint density at radius 2 is 2.05 bits per heavy atom.